The molecule has 0 radical (unpaired) electrons. The fourth-order valence-corrected chi connectivity index (χ4v) is 3.52. The molecule has 1 aliphatic heterocycles. The average Bonchev–Trinajstić information content (AvgIpc) is 2.97. The minimum absolute atomic E-state index is 0.236. The number of fused-ring (bicyclic) bond motifs is 1. The van der Waals surface area contributed by atoms with Crippen LogP contribution in [-0.2, 0) is 6.54 Å². The van der Waals surface area contributed by atoms with Crippen LogP contribution in [0.25, 0.3) is 0 Å². The summed E-state index contributed by atoms with van der Waals surface area (Å²) in [4.78, 5) is 0. The zero-order valence-electron chi connectivity index (χ0n) is 11.2. The van der Waals surface area contributed by atoms with Crippen LogP contribution in [0.3, 0.4) is 0 Å². The van der Waals surface area contributed by atoms with E-state index in [4.69, 9.17) is 9.47 Å². The summed E-state index contributed by atoms with van der Waals surface area (Å²) in [6.45, 7) is 4.25. The molecule has 0 saturated heterocycles. The topological polar surface area (TPSA) is 30.5 Å². The number of hydrogen-bond acceptors (Lipinski definition) is 4. The highest BCUT2D eigenvalue weighted by atomic mass is 79.9. The fraction of sp³-hybridized carbons (Fsp3) is 0.333. The van der Waals surface area contributed by atoms with E-state index in [-0.39, 0.29) is 6.04 Å². The van der Waals surface area contributed by atoms with Crippen molar-refractivity contribution in [2.24, 2.45) is 0 Å². The van der Waals surface area contributed by atoms with Gasteiger partial charge in [0.15, 0.2) is 11.5 Å². The van der Waals surface area contributed by atoms with Gasteiger partial charge < -0.3 is 14.8 Å². The third-order valence-corrected chi connectivity index (χ3v) is 4.74. The van der Waals surface area contributed by atoms with Crippen LogP contribution in [0.5, 0.6) is 11.5 Å². The molecule has 2 heterocycles. The maximum atomic E-state index is 5.65. The Hall–Kier alpha value is -1.04. The van der Waals surface area contributed by atoms with Crippen LogP contribution >= 0.6 is 27.3 Å². The van der Waals surface area contributed by atoms with Crippen LogP contribution in [0.4, 0.5) is 0 Å². The molecular formula is C15H16BrNO2S. The Bertz CT molecular complexity index is 586. The number of ether oxygens (including phenoxy) is 2. The Morgan fingerprint density at radius 3 is 2.75 bits per heavy atom. The van der Waals surface area contributed by atoms with E-state index >= 15 is 0 Å². The van der Waals surface area contributed by atoms with E-state index in [2.05, 4.69) is 51.1 Å². The van der Waals surface area contributed by atoms with E-state index < -0.39 is 0 Å². The molecule has 106 valence electrons. The van der Waals surface area contributed by atoms with Gasteiger partial charge in [-0.2, -0.15) is 11.3 Å². The minimum atomic E-state index is 0.236. The van der Waals surface area contributed by atoms with Gasteiger partial charge in [0.05, 0.1) is 0 Å². The number of hydrogen-bond donors (Lipinski definition) is 1. The van der Waals surface area contributed by atoms with Gasteiger partial charge in [-0.1, -0.05) is 15.9 Å². The first-order valence-corrected chi connectivity index (χ1v) is 8.31. The predicted molar refractivity (Wildman–Crippen MR) is 84.7 cm³/mol. The minimum Gasteiger partial charge on any atom is -0.486 e. The summed E-state index contributed by atoms with van der Waals surface area (Å²) < 4.78 is 12.3. The fourth-order valence-electron chi connectivity index (χ4n) is 2.19. The molecule has 1 atom stereocenters. The van der Waals surface area contributed by atoms with E-state index in [1.165, 1.54) is 11.1 Å². The van der Waals surface area contributed by atoms with E-state index in [0.29, 0.717) is 13.2 Å². The van der Waals surface area contributed by atoms with Crippen molar-refractivity contribution in [3.8, 4) is 11.5 Å². The van der Waals surface area contributed by atoms with Crippen molar-refractivity contribution in [1.82, 2.24) is 5.32 Å². The van der Waals surface area contributed by atoms with Crippen molar-refractivity contribution in [1.29, 1.82) is 0 Å². The summed E-state index contributed by atoms with van der Waals surface area (Å²) in [7, 11) is 0. The summed E-state index contributed by atoms with van der Waals surface area (Å²) >= 11 is 5.34. The molecule has 0 spiro atoms. The third-order valence-electron chi connectivity index (χ3n) is 3.32. The highest BCUT2D eigenvalue weighted by molar-refractivity contribution is 9.10. The quantitative estimate of drug-likeness (QED) is 0.896. The number of nitrogens with one attached hydrogen (secondary N) is 1. The summed E-state index contributed by atoms with van der Waals surface area (Å²) in [6.07, 6.45) is 0. The van der Waals surface area contributed by atoms with Gasteiger partial charge in [0.1, 0.15) is 13.2 Å². The molecule has 3 nitrogen and oxygen atoms in total. The molecule has 1 unspecified atom stereocenters. The van der Waals surface area contributed by atoms with Crippen LogP contribution in [0.15, 0.2) is 33.4 Å². The van der Waals surface area contributed by atoms with Crippen LogP contribution in [0.1, 0.15) is 24.1 Å². The Balaban J connectivity index is 1.75. The monoisotopic (exact) mass is 353 g/mol. The second-order valence-electron chi connectivity index (χ2n) is 4.75. The molecule has 1 aromatic heterocycles. The van der Waals surface area contributed by atoms with Crippen molar-refractivity contribution in [2.45, 2.75) is 19.5 Å². The van der Waals surface area contributed by atoms with Crippen LogP contribution in [0.2, 0.25) is 0 Å². The van der Waals surface area contributed by atoms with Gasteiger partial charge >= 0.3 is 0 Å². The Morgan fingerprint density at radius 1 is 1.30 bits per heavy atom. The highest BCUT2D eigenvalue weighted by Crippen LogP contribution is 2.37. The molecule has 0 aliphatic carbocycles. The first-order chi connectivity index (χ1) is 9.74. The zero-order valence-corrected chi connectivity index (χ0v) is 13.6. The second kappa shape index (κ2) is 6.16. The number of thiophene rings is 1. The van der Waals surface area contributed by atoms with Gasteiger partial charge in [-0.15, -0.1) is 0 Å². The SMILES string of the molecule is CC(NCc1ccsc1)c1cc2c(cc1Br)OCCO2. The molecule has 0 saturated carbocycles. The molecule has 5 heteroatoms. The molecule has 20 heavy (non-hydrogen) atoms. The molecule has 2 aromatic rings. The molecule has 3 rings (SSSR count). The molecule has 0 amide bonds. The predicted octanol–water partition coefficient (Wildman–Crippen LogP) is 4.13. The van der Waals surface area contributed by atoms with Crippen molar-refractivity contribution in [3.05, 3.63) is 44.6 Å². The maximum Gasteiger partial charge on any atom is 0.162 e. The van der Waals surface area contributed by atoms with Crippen LogP contribution < -0.4 is 14.8 Å². The lowest BCUT2D eigenvalue weighted by atomic mass is 10.1. The van der Waals surface area contributed by atoms with Crippen LogP contribution in [-0.4, -0.2) is 13.2 Å². The Labute approximate surface area is 131 Å². The van der Waals surface area contributed by atoms with E-state index in [9.17, 15) is 0 Å². The van der Waals surface area contributed by atoms with Crippen molar-refractivity contribution >= 4 is 27.3 Å². The largest absolute Gasteiger partial charge is 0.486 e. The average molecular weight is 354 g/mol. The van der Waals surface area contributed by atoms with Gasteiger partial charge in [0, 0.05) is 17.1 Å². The molecule has 0 fully saturated rings. The van der Waals surface area contributed by atoms with Crippen LogP contribution in [0, 0.1) is 0 Å². The summed E-state index contributed by atoms with van der Waals surface area (Å²) in [5, 5.41) is 7.79. The molecular weight excluding hydrogens is 338 g/mol. The zero-order chi connectivity index (χ0) is 13.9. The lowest BCUT2D eigenvalue weighted by molar-refractivity contribution is 0.171. The van der Waals surface area contributed by atoms with E-state index in [1.807, 2.05) is 6.07 Å². The molecule has 0 bridgehead atoms. The summed E-state index contributed by atoms with van der Waals surface area (Å²) in [5.74, 6) is 1.65. The normalized spacial score (nSPS) is 15.1. The number of halogens is 1. The Kier molecular flexibility index (Phi) is 4.29. The van der Waals surface area contributed by atoms with Gasteiger partial charge in [0.2, 0.25) is 0 Å². The third kappa shape index (κ3) is 3.00. The second-order valence-corrected chi connectivity index (χ2v) is 6.39. The highest BCUT2D eigenvalue weighted by Gasteiger charge is 2.17. The van der Waals surface area contributed by atoms with Crippen molar-refractivity contribution < 1.29 is 9.47 Å². The summed E-state index contributed by atoms with van der Waals surface area (Å²) in [5.41, 5.74) is 2.50. The Morgan fingerprint density at radius 2 is 2.05 bits per heavy atom. The smallest absolute Gasteiger partial charge is 0.162 e. The number of rotatable bonds is 4. The lowest BCUT2D eigenvalue weighted by Gasteiger charge is -2.22. The van der Waals surface area contributed by atoms with Crippen molar-refractivity contribution in [3.63, 3.8) is 0 Å². The first-order valence-electron chi connectivity index (χ1n) is 6.57. The van der Waals surface area contributed by atoms with Gasteiger partial charge in [-0.05, 0) is 47.0 Å². The number of benzene rings is 1. The van der Waals surface area contributed by atoms with Gasteiger partial charge in [-0.25, -0.2) is 0 Å². The molecule has 1 aliphatic rings. The van der Waals surface area contributed by atoms with Gasteiger partial charge in [0.25, 0.3) is 0 Å². The standard InChI is InChI=1S/C15H16BrNO2S/c1-10(17-8-11-2-5-20-9-11)12-6-14-15(7-13(12)16)19-4-3-18-14/h2,5-7,9-10,17H,3-4,8H2,1H3. The molecule has 1 aromatic carbocycles. The van der Waals surface area contributed by atoms with E-state index in [1.54, 1.807) is 11.3 Å². The maximum absolute atomic E-state index is 5.65. The molecule has 1 N–H and O–H groups in total. The summed E-state index contributed by atoms with van der Waals surface area (Å²) in [6, 6.07) is 6.43. The van der Waals surface area contributed by atoms with Gasteiger partial charge in [-0.3, -0.25) is 0 Å². The first kappa shape index (κ1) is 13.9. The lowest BCUT2D eigenvalue weighted by Crippen LogP contribution is -2.20. The van der Waals surface area contributed by atoms with E-state index in [0.717, 1.165) is 22.5 Å². The van der Waals surface area contributed by atoms with Crippen molar-refractivity contribution in [2.75, 3.05) is 13.2 Å².